The van der Waals surface area contributed by atoms with Crippen LogP contribution in [0.3, 0.4) is 0 Å². The molecule has 0 bridgehead atoms. The molecule has 1 aromatic carbocycles. The molecule has 94 valence electrons. The Hall–Kier alpha value is -1.68. The summed E-state index contributed by atoms with van der Waals surface area (Å²) in [6, 6.07) is 10.2. The Morgan fingerprint density at radius 3 is 2.94 bits per heavy atom. The fourth-order valence-electron chi connectivity index (χ4n) is 2.92. The van der Waals surface area contributed by atoms with Crippen LogP contribution >= 0.6 is 0 Å². The number of hydrogen-bond acceptors (Lipinski definition) is 3. The van der Waals surface area contributed by atoms with E-state index >= 15 is 0 Å². The number of hydrogen-bond donors (Lipinski definition) is 1. The molecule has 1 fully saturated rings. The molecule has 0 radical (unpaired) electrons. The zero-order valence-corrected chi connectivity index (χ0v) is 10.5. The summed E-state index contributed by atoms with van der Waals surface area (Å²) >= 11 is 0. The van der Waals surface area contributed by atoms with E-state index in [9.17, 15) is 4.79 Å². The number of carbonyl (C=O) groups is 1. The Balaban J connectivity index is 1.96. The summed E-state index contributed by atoms with van der Waals surface area (Å²) in [4.78, 5) is 12.4. The van der Waals surface area contributed by atoms with Crippen LogP contribution in [-0.2, 0) is 11.2 Å². The van der Waals surface area contributed by atoms with Gasteiger partial charge in [0.2, 0.25) is 0 Å². The van der Waals surface area contributed by atoms with Gasteiger partial charge >= 0.3 is 0 Å². The van der Waals surface area contributed by atoms with E-state index in [-0.39, 0.29) is 5.91 Å². The van der Waals surface area contributed by atoms with Gasteiger partial charge in [0.15, 0.2) is 0 Å². The second-order valence-electron chi connectivity index (χ2n) is 5.05. The van der Waals surface area contributed by atoms with E-state index in [4.69, 9.17) is 0 Å². The van der Waals surface area contributed by atoms with Gasteiger partial charge in [-0.1, -0.05) is 30.3 Å². The molecular weight excluding hydrogens is 226 g/mol. The third-order valence-corrected chi connectivity index (χ3v) is 3.84. The molecule has 1 unspecified atom stereocenters. The quantitative estimate of drug-likeness (QED) is 0.843. The second kappa shape index (κ2) is 4.21. The van der Waals surface area contributed by atoms with Gasteiger partial charge in [0.05, 0.1) is 5.71 Å². The van der Waals surface area contributed by atoms with Crippen LogP contribution in [0.2, 0.25) is 0 Å². The van der Waals surface area contributed by atoms with Gasteiger partial charge in [-0.3, -0.25) is 4.79 Å². The zero-order valence-electron chi connectivity index (χ0n) is 10.5. The highest BCUT2D eigenvalue weighted by Crippen LogP contribution is 2.35. The smallest absolute Gasteiger partial charge is 0.256 e. The van der Waals surface area contributed by atoms with Gasteiger partial charge in [-0.2, -0.15) is 5.10 Å². The van der Waals surface area contributed by atoms with Crippen molar-refractivity contribution < 1.29 is 4.79 Å². The number of fused-ring (bicyclic) bond motifs is 1. The van der Waals surface area contributed by atoms with Crippen LogP contribution in [-0.4, -0.2) is 36.8 Å². The molecule has 0 aromatic heterocycles. The maximum absolute atomic E-state index is 12.4. The van der Waals surface area contributed by atoms with Crippen molar-refractivity contribution in [1.82, 2.24) is 10.3 Å². The van der Waals surface area contributed by atoms with E-state index < -0.39 is 5.41 Å². The van der Waals surface area contributed by atoms with Crippen molar-refractivity contribution in [3.63, 3.8) is 0 Å². The summed E-state index contributed by atoms with van der Waals surface area (Å²) in [5, 5.41) is 9.27. The Labute approximate surface area is 107 Å². The number of nitrogens with zero attached hydrogens (tertiary/aromatic N) is 2. The predicted molar refractivity (Wildman–Crippen MR) is 70.3 cm³/mol. The number of piperidine rings is 1. The summed E-state index contributed by atoms with van der Waals surface area (Å²) in [6.45, 7) is 1.61. The molecule has 1 saturated heterocycles. The molecule has 1 aromatic rings. The molecule has 18 heavy (non-hydrogen) atoms. The minimum absolute atomic E-state index is 0.119. The fraction of sp³-hybridized carbons (Fsp3) is 0.429. The number of benzene rings is 1. The van der Waals surface area contributed by atoms with E-state index in [1.165, 1.54) is 10.6 Å². The molecule has 1 N–H and O–H groups in total. The minimum atomic E-state index is -0.450. The van der Waals surface area contributed by atoms with E-state index in [2.05, 4.69) is 22.6 Å². The molecule has 0 spiro atoms. The molecule has 0 aliphatic carbocycles. The lowest BCUT2D eigenvalue weighted by Gasteiger charge is -2.33. The van der Waals surface area contributed by atoms with Crippen molar-refractivity contribution in [2.75, 3.05) is 20.1 Å². The normalized spacial score (nSPS) is 27.1. The van der Waals surface area contributed by atoms with Gasteiger partial charge in [-0.05, 0) is 12.0 Å². The first-order chi connectivity index (χ1) is 8.72. The average molecular weight is 243 g/mol. The lowest BCUT2D eigenvalue weighted by molar-refractivity contribution is -0.134. The Morgan fingerprint density at radius 1 is 1.39 bits per heavy atom. The first-order valence-electron chi connectivity index (χ1n) is 6.33. The monoisotopic (exact) mass is 243 g/mol. The second-order valence-corrected chi connectivity index (χ2v) is 5.05. The van der Waals surface area contributed by atoms with Gasteiger partial charge in [0.25, 0.3) is 5.91 Å². The lowest BCUT2D eigenvalue weighted by Crippen LogP contribution is -2.52. The summed E-state index contributed by atoms with van der Waals surface area (Å²) in [5.74, 6) is 0.119. The molecule has 1 atom stereocenters. The summed E-state index contributed by atoms with van der Waals surface area (Å²) < 4.78 is 0. The van der Waals surface area contributed by atoms with Crippen LogP contribution in [0.5, 0.6) is 0 Å². The first-order valence-corrected chi connectivity index (χ1v) is 6.33. The number of carbonyl (C=O) groups excluding carboxylic acids is 1. The maximum atomic E-state index is 12.4. The molecule has 3 rings (SSSR count). The summed E-state index contributed by atoms with van der Waals surface area (Å²) in [7, 11) is 1.75. The number of rotatable bonds is 2. The SMILES string of the molecule is CN1N=C2CCNCC2(Cc2ccccc2)C1=O. The summed E-state index contributed by atoms with van der Waals surface area (Å²) in [5.41, 5.74) is 1.78. The molecule has 1 amide bonds. The standard InChI is InChI=1S/C14H17N3O/c1-17-13(18)14(9-11-5-3-2-4-6-11)10-15-8-7-12(14)16-17/h2-6,15H,7-10H2,1H3. The van der Waals surface area contributed by atoms with Crippen LogP contribution in [0.4, 0.5) is 0 Å². The predicted octanol–water partition coefficient (Wildman–Crippen LogP) is 1.04. The largest absolute Gasteiger partial charge is 0.315 e. The lowest BCUT2D eigenvalue weighted by atomic mass is 9.74. The Morgan fingerprint density at radius 2 is 2.17 bits per heavy atom. The molecule has 4 nitrogen and oxygen atoms in total. The molecule has 2 heterocycles. The molecular formula is C14H17N3O. The van der Waals surface area contributed by atoms with Gasteiger partial charge in [-0.25, -0.2) is 5.01 Å². The maximum Gasteiger partial charge on any atom is 0.256 e. The first kappa shape index (κ1) is 11.4. The van der Waals surface area contributed by atoms with Gasteiger partial charge < -0.3 is 5.32 Å². The van der Waals surface area contributed by atoms with Crippen LogP contribution < -0.4 is 5.32 Å². The molecule has 0 saturated carbocycles. The topological polar surface area (TPSA) is 44.7 Å². The van der Waals surface area contributed by atoms with Crippen molar-refractivity contribution >= 4 is 11.6 Å². The number of nitrogens with one attached hydrogen (secondary N) is 1. The minimum Gasteiger partial charge on any atom is -0.315 e. The van der Waals surface area contributed by atoms with E-state index in [1.807, 2.05) is 18.2 Å². The highest BCUT2D eigenvalue weighted by Gasteiger charge is 2.50. The van der Waals surface area contributed by atoms with Crippen LogP contribution in [0.25, 0.3) is 0 Å². The third-order valence-electron chi connectivity index (χ3n) is 3.84. The van der Waals surface area contributed by atoms with E-state index in [0.29, 0.717) is 6.54 Å². The summed E-state index contributed by atoms with van der Waals surface area (Å²) in [6.07, 6.45) is 1.60. The average Bonchev–Trinajstić information content (AvgIpc) is 2.64. The molecule has 4 heteroatoms. The van der Waals surface area contributed by atoms with E-state index in [0.717, 1.165) is 25.1 Å². The van der Waals surface area contributed by atoms with Crippen molar-refractivity contribution in [2.24, 2.45) is 10.5 Å². The Bertz CT molecular complexity index is 497. The number of hydrazone groups is 1. The molecule has 2 aliphatic heterocycles. The van der Waals surface area contributed by atoms with Crippen molar-refractivity contribution in [2.45, 2.75) is 12.8 Å². The highest BCUT2D eigenvalue weighted by molar-refractivity contribution is 6.13. The van der Waals surface area contributed by atoms with E-state index in [1.54, 1.807) is 7.05 Å². The molecule has 2 aliphatic rings. The van der Waals surface area contributed by atoms with Crippen LogP contribution in [0.1, 0.15) is 12.0 Å². The van der Waals surface area contributed by atoms with Crippen LogP contribution in [0, 0.1) is 5.41 Å². The van der Waals surface area contributed by atoms with Crippen molar-refractivity contribution in [1.29, 1.82) is 0 Å². The van der Waals surface area contributed by atoms with Crippen molar-refractivity contribution in [3.05, 3.63) is 35.9 Å². The van der Waals surface area contributed by atoms with Gasteiger partial charge in [-0.15, -0.1) is 0 Å². The van der Waals surface area contributed by atoms with Crippen molar-refractivity contribution in [3.8, 4) is 0 Å². The zero-order chi connectivity index (χ0) is 12.6. The Kier molecular flexibility index (Phi) is 2.67. The van der Waals surface area contributed by atoms with Crippen LogP contribution in [0.15, 0.2) is 35.4 Å². The fourth-order valence-corrected chi connectivity index (χ4v) is 2.92. The highest BCUT2D eigenvalue weighted by atomic mass is 16.2. The van der Waals surface area contributed by atoms with Gasteiger partial charge in [0, 0.05) is 26.6 Å². The number of amides is 1. The van der Waals surface area contributed by atoms with Gasteiger partial charge in [0.1, 0.15) is 5.41 Å². The third kappa shape index (κ3) is 1.64.